The summed E-state index contributed by atoms with van der Waals surface area (Å²) in [5.41, 5.74) is 7.58. The fourth-order valence-corrected chi connectivity index (χ4v) is 4.84. The van der Waals surface area contributed by atoms with Crippen molar-refractivity contribution in [1.29, 1.82) is 0 Å². The van der Waals surface area contributed by atoms with Gasteiger partial charge in [0.2, 0.25) is 0 Å². The minimum Gasteiger partial charge on any atom is -0.0798 e. The van der Waals surface area contributed by atoms with Gasteiger partial charge in [0.1, 0.15) is 0 Å². The Kier molecular flexibility index (Phi) is 4.91. The molecule has 144 valence electrons. The van der Waals surface area contributed by atoms with E-state index in [0.29, 0.717) is 0 Å². The summed E-state index contributed by atoms with van der Waals surface area (Å²) in [6.07, 6.45) is 5.54. The van der Waals surface area contributed by atoms with Crippen molar-refractivity contribution in [3.8, 4) is 0 Å². The Morgan fingerprint density at radius 2 is 0.867 bits per heavy atom. The van der Waals surface area contributed by atoms with Crippen LogP contribution in [0.15, 0.2) is 139 Å². The van der Waals surface area contributed by atoms with Crippen LogP contribution in [-0.2, 0) is 5.41 Å². The number of hydrogen-bond donors (Lipinski definition) is 0. The van der Waals surface area contributed by atoms with Gasteiger partial charge in [0.25, 0.3) is 0 Å². The highest BCUT2D eigenvalue weighted by Crippen LogP contribution is 2.50. The van der Waals surface area contributed by atoms with Crippen LogP contribution in [0.2, 0.25) is 0 Å². The SMILES string of the molecule is C1=CC(c2ccccc2)=C(C(c2ccccc2)(c2ccccc2)c2ccccc2)C1. The molecule has 4 aromatic rings. The van der Waals surface area contributed by atoms with E-state index in [1.807, 2.05) is 0 Å². The van der Waals surface area contributed by atoms with Crippen molar-refractivity contribution in [3.05, 3.63) is 161 Å². The van der Waals surface area contributed by atoms with E-state index in [0.717, 1.165) is 6.42 Å². The fourth-order valence-electron chi connectivity index (χ4n) is 4.84. The van der Waals surface area contributed by atoms with Crippen molar-refractivity contribution in [2.75, 3.05) is 0 Å². The molecule has 0 saturated heterocycles. The van der Waals surface area contributed by atoms with E-state index in [9.17, 15) is 0 Å². The van der Waals surface area contributed by atoms with Crippen LogP contribution in [0.25, 0.3) is 5.57 Å². The third-order valence-corrected chi connectivity index (χ3v) is 6.09. The summed E-state index contributed by atoms with van der Waals surface area (Å²) in [7, 11) is 0. The van der Waals surface area contributed by atoms with Crippen LogP contribution < -0.4 is 0 Å². The molecule has 0 N–H and O–H groups in total. The molecule has 0 radical (unpaired) electrons. The second kappa shape index (κ2) is 8.00. The van der Waals surface area contributed by atoms with E-state index < -0.39 is 0 Å². The Balaban J connectivity index is 1.90. The zero-order valence-electron chi connectivity index (χ0n) is 16.9. The first-order valence-corrected chi connectivity index (χ1v) is 10.5. The Bertz CT molecular complexity index is 1070. The Hall–Kier alpha value is -3.64. The van der Waals surface area contributed by atoms with E-state index in [1.54, 1.807) is 0 Å². The van der Waals surface area contributed by atoms with Gasteiger partial charge in [-0.15, -0.1) is 0 Å². The van der Waals surface area contributed by atoms with Gasteiger partial charge >= 0.3 is 0 Å². The third-order valence-electron chi connectivity index (χ3n) is 6.09. The molecule has 0 fully saturated rings. The molecule has 0 bridgehead atoms. The zero-order valence-corrected chi connectivity index (χ0v) is 16.9. The monoisotopic (exact) mass is 384 g/mol. The summed E-state index contributed by atoms with van der Waals surface area (Å²) in [6.45, 7) is 0. The quantitative estimate of drug-likeness (QED) is 0.314. The smallest absolute Gasteiger partial charge is 0.0673 e. The van der Waals surface area contributed by atoms with Crippen LogP contribution in [0, 0.1) is 0 Å². The zero-order chi connectivity index (χ0) is 20.2. The van der Waals surface area contributed by atoms with Crippen LogP contribution in [0.1, 0.15) is 28.7 Å². The maximum atomic E-state index is 2.31. The molecule has 0 aromatic heterocycles. The Morgan fingerprint density at radius 3 is 1.30 bits per heavy atom. The molecular formula is C30H24. The lowest BCUT2D eigenvalue weighted by atomic mass is 9.63. The van der Waals surface area contributed by atoms with Crippen molar-refractivity contribution in [1.82, 2.24) is 0 Å². The van der Waals surface area contributed by atoms with E-state index >= 15 is 0 Å². The third kappa shape index (κ3) is 3.02. The predicted octanol–water partition coefficient (Wildman–Crippen LogP) is 7.43. The second-order valence-electron chi connectivity index (χ2n) is 7.71. The molecule has 1 aliphatic rings. The molecule has 0 atom stereocenters. The van der Waals surface area contributed by atoms with Gasteiger partial charge in [0, 0.05) is 0 Å². The number of benzene rings is 4. The predicted molar refractivity (Wildman–Crippen MR) is 126 cm³/mol. The maximum Gasteiger partial charge on any atom is 0.0673 e. The average molecular weight is 385 g/mol. The van der Waals surface area contributed by atoms with Gasteiger partial charge in [-0.05, 0) is 39.8 Å². The first-order valence-electron chi connectivity index (χ1n) is 10.5. The minimum atomic E-state index is -0.349. The molecule has 0 unspecified atom stereocenters. The first kappa shape index (κ1) is 18.4. The van der Waals surface area contributed by atoms with Gasteiger partial charge in [-0.2, -0.15) is 0 Å². The number of allylic oxidation sites excluding steroid dienone is 4. The largest absolute Gasteiger partial charge is 0.0798 e. The van der Waals surface area contributed by atoms with Crippen molar-refractivity contribution in [3.63, 3.8) is 0 Å². The van der Waals surface area contributed by atoms with Gasteiger partial charge in [0.15, 0.2) is 0 Å². The molecule has 1 aliphatic carbocycles. The van der Waals surface area contributed by atoms with Crippen molar-refractivity contribution in [2.45, 2.75) is 11.8 Å². The fraction of sp³-hybridized carbons (Fsp3) is 0.0667. The summed E-state index contributed by atoms with van der Waals surface area (Å²) >= 11 is 0. The maximum absolute atomic E-state index is 2.31. The van der Waals surface area contributed by atoms with Gasteiger partial charge in [-0.1, -0.05) is 133 Å². The van der Waals surface area contributed by atoms with Gasteiger partial charge < -0.3 is 0 Å². The lowest BCUT2D eigenvalue weighted by molar-refractivity contribution is 0.714. The summed E-state index contributed by atoms with van der Waals surface area (Å²) < 4.78 is 0. The van der Waals surface area contributed by atoms with Crippen LogP contribution in [-0.4, -0.2) is 0 Å². The Labute approximate surface area is 178 Å². The molecule has 0 heteroatoms. The molecule has 5 rings (SSSR count). The van der Waals surface area contributed by atoms with E-state index in [1.165, 1.54) is 33.4 Å². The highest BCUT2D eigenvalue weighted by molar-refractivity contribution is 5.84. The van der Waals surface area contributed by atoms with Gasteiger partial charge in [-0.25, -0.2) is 0 Å². The number of hydrogen-bond acceptors (Lipinski definition) is 0. The molecule has 0 nitrogen and oxygen atoms in total. The molecule has 0 spiro atoms. The molecule has 0 aliphatic heterocycles. The Morgan fingerprint density at radius 1 is 0.467 bits per heavy atom. The summed E-state index contributed by atoms with van der Waals surface area (Å²) in [5, 5.41) is 0. The van der Waals surface area contributed by atoms with E-state index in [2.05, 4.69) is 133 Å². The van der Waals surface area contributed by atoms with Crippen molar-refractivity contribution >= 4 is 5.57 Å². The lowest BCUT2D eigenvalue weighted by Gasteiger charge is -2.39. The normalized spacial score (nSPS) is 13.6. The highest BCUT2D eigenvalue weighted by Gasteiger charge is 2.41. The standard InChI is InChI=1S/C30H24/c1-5-14-24(15-6-1)28-22-13-23-29(28)30(25-16-7-2-8-17-25,26-18-9-3-10-19-26)27-20-11-4-12-21-27/h1-22H,23H2. The van der Waals surface area contributed by atoms with Gasteiger partial charge in [-0.3, -0.25) is 0 Å². The van der Waals surface area contributed by atoms with Crippen LogP contribution in [0.4, 0.5) is 0 Å². The van der Waals surface area contributed by atoms with Crippen LogP contribution in [0.5, 0.6) is 0 Å². The van der Waals surface area contributed by atoms with E-state index in [4.69, 9.17) is 0 Å². The summed E-state index contributed by atoms with van der Waals surface area (Å²) in [4.78, 5) is 0. The van der Waals surface area contributed by atoms with Crippen molar-refractivity contribution < 1.29 is 0 Å². The summed E-state index contributed by atoms with van der Waals surface area (Å²) in [5.74, 6) is 0. The molecule has 0 heterocycles. The van der Waals surface area contributed by atoms with Gasteiger partial charge in [0.05, 0.1) is 5.41 Å². The van der Waals surface area contributed by atoms with Crippen LogP contribution in [0.3, 0.4) is 0 Å². The molecular weight excluding hydrogens is 360 g/mol. The minimum absolute atomic E-state index is 0.349. The topological polar surface area (TPSA) is 0 Å². The average Bonchev–Trinajstić information content (AvgIpc) is 3.33. The van der Waals surface area contributed by atoms with Crippen molar-refractivity contribution in [2.24, 2.45) is 0 Å². The lowest BCUT2D eigenvalue weighted by Crippen LogP contribution is -2.32. The number of rotatable bonds is 5. The highest BCUT2D eigenvalue weighted by atomic mass is 14.4. The molecule has 0 amide bonds. The molecule has 30 heavy (non-hydrogen) atoms. The second-order valence-corrected chi connectivity index (χ2v) is 7.71. The molecule has 4 aromatic carbocycles. The van der Waals surface area contributed by atoms with Crippen LogP contribution >= 0.6 is 0 Å². The first-order chi connectivity index (χ1) is 14.9. The molecule has 0 saturated carbocycles. The van der Waals surface area contributed by atoms with E-state index in [-0.39, 0.29) is 5.41 Å². The summed E-state index contributed by atoms with van der Waals surface area (Å²) in [6, 6.07) is 43.6.